The van der Waals surface area contributed by atoms with Crippen molar-refractivity contribution in [2.45, 2.75) is 18.4 Å². The molecule has 29 heavy (non-hydrogen) atoms. The lowest BCUT2D eigenvalue weighted by Crippen LogP contribution is -2.41. The molecule has 1 saturated heterocycles. The Bertz CT molecular complexity index is 985. The fourth-order valence-corrected chi connectivity index (χ4v) is 5.32. The normalized spacial score (nSPS) is 25.3. The third-order valence-corrected chi connectivity index (χ3v) is 6.79. The van der Waals surface area contributed by atoms with Crippen molar-refractivity contribution in [3.05, 3.63) is 75.3 Å². The van der Waals surface area contributed by atoms with Crippen LogP contribution in [0.2, 0.25) is 10.0 Å². The van der Waals surface area contributed by atoms with Crippen molar-refractivity contribution in [1.29, 1.82) is 0 Å². The van der Waals surface area contributed by atoms with Gasteiger partial charge in [0, 0.05) is 29.1 Å². The molecule has 0 aromatic heterocycles. The number of benzene rings is 2. The fourth-order valence-electron chi connectivity index (χ4n) is 4.80. The smallest absolute Gasteiger partial charge is 0.256 e. The van der Waals surface area contributed by atoms with E-state index in [2.05, 4.69) is 23.5 Å². The Morgan fingerprint density at radius 1 is 1.10 bits per heavy atom. The number of allylic oxidation sites excluding steroid dienone is 2. The highest BCUT2D eigenvalue weighted by Gasteiger charge is 2.40. The van der Waals surface area contributed by atoms with Crippen LogP contribution in [0.15, 0.2) is 48.6 Å². The van der Waals surface area contributed by atoms with Gasteiger partial charge in [-0.05, 0) is 41.7 Å². The standard InChI is InChI=1S/C23H22Cl2N2O2/c24-14-7-8-18(20(25)13-14)21-16-4-1-3-15(16)17-5-2-6-19(22(17)26-21)23(28)27-9-11-29-12-10-27/h1-3,5-8,13,15-16,21,26H,4,9-12H2. The fraction of sp³-hybridized carbons (Fsp3) is 0.348. The highest BCUT2D eigenvalue weighted by molar-refractivity contribution is 6.35. The van der Waals surface area contributed by atoms with Gasteiger partial charge in [-0.1, -0.05) is 53.6 Å². The van der Waals surface area contributed by atoms with Gasteiger partial charge in [0.15, 0.2) is 0 Å². The van der Waals surface area contributed by atoms with E-state index in [0.717, 1.165) is 23.2 Å². The van der Waals surface area contributed by atoms with E-state index >= 15 is 0 Å². The topological polar surface area (TPSA) is 41.6 Å². The van der Waals surface area contributed by atoms with Gasteiger partial charge in [0.25, 0.3) is 5.91 Å². The van der Waals surface area contributed by atoms with Crippen LogP contribution in [0.25, 0.3) is 0 Å². The second kappa shape index (κ2) is 7.67. The Hall–Kier alpha value is -2.01. The maximum atomic E-state index is 13.3. The minimum atomic E-state index is 0.0194. The van der Waals surface area contributed by atoms with Gasteiger partial charge in [-0.3, -0.25) is 4.79 Å². The molecule has 6 heteroatoms. The number of ether oxygens (including phenoxy) is 1. The minimum Gasteiger partial charge on any atom is -0.378 e. The van der Waals surface area contributed by atoms with Crippen LogP contribution in [0.3, 0.4) is 0 Å². The minimum absolute atomic E-state index is 0.0194. The van der Waals surface area contributed by atoms with Gasteiger partial charge in [-0.2, -0.15) is 0 Å². The van der Waals surface area contributed by atoms with Gasteiger partial charge < -0.3 is 15.0 Å². The molecule has 2 heterocycles. The number of carbonyl (C=O) groups is 1. The zero-order valence-electron chi connectivity index (χ0n) is 15.9. The second-order valence-corrected chi connectivity index (χ2v) is 8.66. The Balaban J connectivity index is 1.57. The maximum absolute atomic E-state index is 13.3. The molecule has 150 valence electrons. The van der Waals surface area contributed by atoms with Gasteiger partial charge in [-0.25, -0.2) is 0 Å². The van der Waals surface area contributed by atoms with Crippen molar-refractivity contribution < 1.29 is 9.53 Å². The lowest BCUT2D eigenvalue weighted by Gasteiger charge is -2.39. The molecule has 3 unspecified atom stereocenters. The van der Waals surface area contributed by atoms with Crippen LogP contribution in [-0.4, -0.2) is 37.1 Å². The SMILES string of the molecule is O=C(c1cccc2c1NC(c1ccc(Cl)cc1Cl)C1CC=CC21)N1CCOCC1. The molecule has 3 atom stereocenters. The quantitative estimate of drug-likeness (QED) is 0.660. The molecule has 2 aromatic carbocycles. The molecule has 2 aromatic rings. The lowest BCUT2D eigenvalue weighted by atomic mass is 9.76. The number of morpholine rings is 1. The molecule has 5 rings (SSSR count). The van der Waals surface area contributed by atoms with Crippen LogP contribution < -0.4 is 5.32 Å². The van der Waals surface area contributed by atoms with Gasteiger partial charge in [0.2, 0.25) is 0 Å². The van der Waals surface area contributed by atoms with E-state index in [4.69, 9.17) is 27.9 Å². The van der Waals surface area contributed by atoms with Crippen LogP contribution in [0.1, 0.15) is 39.9 Å². The summed E-state index contributed by atoms with van der Waals surface area (Å²) in [5, 5.41) is 4.97. The molecule has 0 spiro atoms. The molecule has 0 saturated carbocycles. The average molecular weight is 429 g/mol. The Morgan fingerprint density at radius 3 is 2.72 bits per heavy atom. The highest BCUT2D eigenvalue weighted by atomic mass is 35.5. The monoisotopic (exact) mass is 428 g/mol. The zero-order valence-corrected chi connectivity index (χ0v) is 17.4. The summed E-state index contributed by atoms with van der Waals surface area (Å²) >= 11 is 12.7. The molecule has 3 aliphatic rings. The van der Waals surface area contributed by atoms with Crippen molar-refractivity contribution in [2.75, 3.05) is 31.6 Å². The summed E-state index contributed by atoms with van der Waals surface area (Å²) in [5.41, 5.74) is 3.85. The van der Waals surface area contributed by atoms with E-state index in [9.17, 15) is 4.79 Å². The summed E-state index contributed by atoms with van der Waals surface area (Å²) in [5.74, 6) is 0.675. The molecule has 1 amide bonds. The van der Waals surface area contributed by atoms with Crippen molar-refractivity contribution in [3.63, 3.8) is 0 Å². The number of para-hydroxylation sites is 1. The Kier molecular flexibility index (Phi) is 5.02. The molecular formula is C23H22Cl2N2O2. The van der Waals surface area contributed by atoms with Gasteiger partial charge >= 0.3 is 0 Å². The molecule has 1 N–H and O–H groups in total. The van der Waals surface area contributed by atoms with E-state index in [0.29, 0.717) is 42.3 Å². The predicted molar refractivity (Wildman–Crippen MR) is 116 cm³/mol. The van der Waals surface area contributed by atoms with Gasteiger partial charge in [0.05, 0.1) is 30.5 Å². The molecule has 0 radical (unpaired) electrons. The number of carbonyl (C=O) groups excluding carboxylic acids is 1. The van der Waals surface area contributed by atoms with Crippen molar-refractivity contribution in [3.8, 4) is 0 Å². The Labute approximate surface area is 180 Å². The van der Waals surface area contributed by atoms with Crippen molar-refractivity contribution in [2.24, 2.45) is 5.92 Å². The van der Waals surface area contributed by atoms with E-state index < -0.39 is 0 Å². The number of amides is 1. The summed E-state index contributed by atoms with van der Waals surface area (Å²) in [6.07, 6.45) is 5.48. The maximum Gasteiger partial charge on any atom is 0.256 e. The largest absolute Gasteiger partial charge is 0.378 e. The molecule has 0 bridgehead atoms. The average Bonchev–Trinajstić information content (AvgIpc) is 3.23. The molecular weight excluding hydrogens is 407 g/mol. The van der Waals surface area contributed by atoms with Gasteiger partial charge in [0.1, 0.15) is 0 Å². The van der Waals surface area contributed by atoms with Crippen molar-refractivity contribution in [1.82, 2.24) is 4.90 Å². The Morgan fingerprint density at radius 2 is 1.93 bits per heavy atom. The van der Waals surface area contributed by atoms with Gasteiger partial charge in [-0.15, -0.1) is 0 Å². The zero-order chi connectivity index (χ0) is 20.0. The number of fused-ring (bicyclic) bond motifs is 3. The number of nitrogens with zero attached hydrogens (tertiary/aromatic N) is 1. The molecule has 4 nitrogen and oxygen atoms in total. The summed E-state index contributed by atoms with van der Waals surface area (Å²) in [6.45, 7) is 2.43. The number of hydrogen-bond acceptors (Lipinski definition) is 3. The molecule has 1 fully saturated rings. The highest BCUT2D eigenvalue weighted by Crippen LogP contribution is 2.51. The lowest BCUT2D eigenvalue weighted by molar-refractivity contribution is 0.0303. The summed E-state index contributed by atoms with van der Waals surface area (Å²) in [4.78, 5) is 15.2. The van der Waals surface area contributed by atoms with Crippen LogP contribution in [-0.2, 0) is 4.74 Å². The van der Waals surface area contributed by atoms with Crippen molar-refractivity contribution >= 4 is 34.8 Å². The number of rotatable bonds is 2. The van der Waals surface area contributed by atoms with Crippen LogP contribution in [0.4, 0.5) is 5.69 Å². The predicted octanol–water partition coefficient (Wildman–Crippen LogP) is 5.29. The first-order chi connectivity index (χ1) is 14.1. The molecule has 2 aliphatic heterocycles. The first kappa shape index (κ1) is 19.0. The first-order valence-corrected chi connectivity index (χ1v) is 10.8. The summed E-state index contributed by atoms with van der Waals surface area (Å²) in [7, 11) is 0. The molecule has 1 aliphatic carbocycles. The van der Waals surface area contributed by atoms with Crippen LogP contribution >= 0.6 is 23.2 Å². The van der Waals surface area contributed by atoms with Crippen LogP contribution in [0.5, 0.6) is 0 Å². The van der Waals surface area contributed by atoms with E-state index in [1.165, 1.54) is 5.56 Å². The number of anilines is 1. The summed E-state index contributed by atoms with van der Waals surface area (Å²) in [6, 6.07) is 11.7. The second-order valence-electron chi connectivity index (χ2n) is 7.82. The van der Waals surface area contributed by atoms with E-state index in [1.807, 2.05) is 29.2 Å². The van der Waals surface area contributed by atoms with E-state index in [1.54, 1.807) is 6.07 Å². The number of halogens is 2. The summed E-state index contributed by atoms with van der Waals surface area (Å²) < 4.78 is 5.41. The first-order valence-electron chi connectivity index (χ1n) is 10.0. The third-order valence-electron chi connectivity index (χ3n) is 6.22. The van der Waals surface area contributed by atoms with E-state index in [-0.39, 0.29) is 17.9 Å². The third kappa shape index (κ3) is 3.33. The number of nitrogens with one attached hydrogen (secondary N) is 1. The van der Waals surface area contributed by atoms with Crippen LogP contribution in [0, 0.1) is 5.92 Å². The number of hydrogen-bond donors (Lipinski definition) is 1.